The van der Waals surface area contributed by atoms with E-state index in [2.05, 4.69) is 140 Å². The molecule has 0 saturated carbocycles. The summed E-state index contributed by atoms with van der Waals surface area (Å²) in [7, 11) is 0. The van der Waals surface area contributed by atoms with Crippen molar-refractivity contribution >= 4 is 22.7 Å². The van der Waals surface area contributed by atoms with Gasteiger partial charge in [-0.1, -0.05) is 135 Å². The second kappa shape index (κ2) is 11.5. The minimum absolute atomic E-state index is 0.806. The number of anilines is 2. The van der Waals surface area contributed by atoms with E-state index >= 15 is 0 Å². The van der Waals surface area contributed by atoms with Gasteiger partial charge < -0.3 is 4.90 Å². The van der Waals surface area contributed by atoms with Crippen molar-refractivity contribution in [3.8, 4) is 22.4 Å². The van der Waals surface area contributed by atoms with E-state index in [1.165, 1.54) is 22.3 Å². The highest BCUT2D eigenvalue weighted by atomic mass is 15.2. The molecule has 2 nitrogen and oxygen atoms in total. The van der Waals surface area contributed by atoms with Gasteiger partial charge in [0.05, 0.1) is 11.4 Å². The molecule has 0 radical (unpaired) electrons. The Morgan fingerprint density at radius 2 is 1.46 bits per heavy atom. The van der Waals surface area contributed by atoms with Gasteiger partial charge in [0.2, 0.25) is 0 Å². The Bertz CT molecular complexity index is 1770. The van der Waals surface area contributed by atoms with Gasteiger partial charge in [-0.15, -0.1) is 0 Å². The number of hydrogen-bond acceptors (Lipinski definition) is 2. The summed E-state index contributed by atoms with van der Waals surface area (Å²) in [6.07, 6.45) is 6.50. The molecule has 0 bridgehead atoms. The van der Waals surface area contributed by atoms with Crippen LogP contribution >= 0.6 is 0 Å². The first-order valence-corrected chi connectivity index (χ1v) is 13.9. The SMILES string of the molecule is C=C/C=C(\C=C)c1ccc(-c2cccc(N3CCc4ccccc4C(=C)c4ccc(-c5ccccc5)cc43)n2)cc1. The van der Waals surface area contributed by atoms with E-state index in [0.29, 0.717) is 0 Å². The topological polar surface area (TPSA) is 16.1 Å². The quantitative estimate of drug-likeness (QED) is 0.204. The average molecular weight is 529 g/mol. The number of fused-ring (bicyclic) bond motifs is 2. The summed E-state index contributed by atoms with van der Waals surface area (Å²) in [5, 5.41) is 0. The summed E-state index contributed by atoms with van der Waals surface area (Å²) < 4.78 is 0. The summed E-state index contributed by atoms with van der Waals surface area (Å²) >= 11 is 0. The van der Waals surface area contributed by atoms with Crippen LogP contribution in [0.1, 0.15) is 22.3 Å². The first kappa shape index (κ1) is 26.0. The van der Waals surface area contributed by atoms with Crippen molar-refractivity contribution in [2.24, 2.45) is 0 Å². The van der Waals surface area contributed by atoms with Crippen LogP contribution in [0.4, 0.5) is 11.5 Å². The molecule has 1 aliphatic rings. The van der Waals surface area contributed by atoms with Crippen molar-refractivity contribution in [1.82, 2.24) is 4.98 Å². The number of rotatable bonds is 6. The summed E-state index contributed by atoms with van der Waals surface area (Å²) in [6.45, 7) is 13.1. The Morgan fingerprint density at radius 1 is 0.707 bits per heavy atom. The zero-order valence-corrected chi connectivity index (χ0v) is 23.1. The van der Waals surface area contributed by atoms with Gasteiger partial charge >= 0.3 is 0 Å². The molecule has 1 aromatic heterocycles. The minimum atomic E-state index is 0.806. The second-order valence-electron chi connectivity index (χ2n) is 10.2. The maximum atomic E-state index is 5.20. The largest absolute Gasteiger partial charge is 0.325 e. The van der Waals surface area contributed by atoms with E-state index in [-0.39, 0.29) is 0 Å². The molecule has 4 aromatic carbocycles. The molecule has 0 atom stereocenters. The van der Waals surface area contributed by atoms with E-state index < -0.39 is 0 Å². The van der Waals surface area contributed by atoms with Crippen LogP contribution in [0, 0.1) is 0 Å². The molecule has 2 heterocycles. The predicted molar refractivity (Wildman–Crippen MR) is 175 cm³/mol. The third-order valence-electron chi connectivity index (χ3n) is 7.71. The summed E-state index contributed by atoms with van der Waals surface area (Å²) in [5.41, 5.74) is 12.3. The average Bonchev–Trinajstić information content (AvgIpc) is 3.03. The molecule has 0 saturated heterocycles. The molecule has 0 N–H and O–H groups in total. The van der Waals surface area contributed by atoms with Crippen LogP contribution in [0.3, 0.4) is 0 Å². The molecule has 0 amide bonds. The van der Waals surface area contributed by atoms with Gasteiger partial charge in [0.15, 0.2) is 0 Å². The Balaban J connectivity index is 1.45. The van der Waals surface area contributed by atoms with Crippen LogP contribution in [0.15, 0.2) is 153 Å². The van der Waals surface area contributed by atoms with Gasteiger partial charge in [0.1, 0.15) is 5.82 Å². The van der Waals surface area contributed by atoms with E-state index in [0.717, 1.165) is 58.0 Å². The van der Waals surface area contributed by atoms with Crippen molar-refractivity contribution in [3.05, 3.63) is 175 Å². The normalized spacial score (nSPS) is 13.0. The van der Waals surface area contributed by atoms with Crippen LogP contribution in [0.5, 0.6) is 0 Å². The fraction of sp³-hybridized carbons (Fsp3) is 0.0513. The van der Waals surface area contributed by atoms with Crippen molar-refractivity contribution in [3.63, 3.8) is 0 Å². The van der Waals surface area contributed by atoms with Gasteiger partial charge in [-0.3, -0.25) is 0 Å². The molecule has 198 valence electrons. The maximum absolute atomic E-state index is 5.20. The predicted octanol–water partition coefficient (Wildman–Crippen LogP) is 9.93. The molecule has 0 spiro atoms. The summed E-state index contributed by atoms with van der Waals surface area (Å²) in [6, 6.07) is 40.6. The third kappa shape index (κ3) is 5.20. The Morgan fingerprint density at radius 3 is 2.24 bits per heavy atom. The molecule has 0 fully saturated rings. The fourth-order valence-electron chi connectivity index (χ4n) is 5.57. The lowest BCUT2D eigenvalue weighted by atomic mass is 9.89. The molecule has 5 aromatic rings. The number of aromatic nitrogens is 1. The molecular formula is C39H32N2. The summed E-state index contributed by atoms with van der Waals surface area (Å²) in [5.74, 6) is 0.920. The van der Waals surface area contributed by atoms with Gasteiger partial charge in [0, 0.05) is 17.7 Å². The smallest absolute Gasteiger partial charge is 0.133 e. The highest BCUT2D eigenvalue weighted by Crippen LogP contribution is 2.40. The maximum Gasteiger partial charge on any atom is 0.133 e. The zero-order chi connectivity index (χ0) is 28.2. The van der Waals surface area contributed by atoms with Crippen LogP contribution in [-0.2, 0) is 6.42 Å². The monoisotopic (exact) mass is 528 g/mol. The zero-order valence-electron chi connectivity index (χ0n) is 23.1. The Hall–Kier alpha value is -5.21. The minimum Gasteiger partial charge on any atom is -0.325 e. The first-order chi connectivity index (χ1) is 20.2. The van der Waals surface area contributed by atoms with E-state index in [1.807, 2.05) is 12.2 Å². The van der Waals surface area contributed by atoms with Gasteiger partial charge in [-0.05, 0) is 63.6 Å². The number of nitrogens with zero attached hydrogens (tertiary/aromatic N) is 2. The molecule has 0 unspecified atom stereocenters. The lowest BCUT2D eigenvalue weighted by Crippen LogP contribution is -2.24. The fourth-order valence-corrected chi connectivity index (χ4v) is 5.57. The number of pyridine rings is 1. The van der Waals surface area contributed by atoms with Gasteiger partial charge in [-0.25, -0.2) is 4.98 Å². The molecule has 1 aliphatic heterocycles. The van der Waals surface area contributed by atoms with Crippen LogP contribution in [0.2, 0.25) is 0 Å². The van der Waals surface area contributed by atoms with Gasteiger partial charge in [0.25, 0.3) is 0 Å². The van der Waals surface area contributed by atoms with Crippen molar-refractivity contribution < 1.29 is 0 Å². The molecular weight excluding hydrogens is 496 g/mol. The van der Waals surface area contributed by atoms with E-state index in [1.54, 1.807) is 6.08 Å². The lowest BCUT2D eigenvalue weighted by Gasteiger charge is -2.31. The van der Waals surface area contributed by atoms with Crippen molar-refractivity contribution in [2.75, 3.05) is 11.4 Å². The number of benzene rings is 4. The number of hydrogen-bond donors (Lipinski definition) is 0. The Kier molecular flexibility index (Phi) is 7.30. The standard InChI is InChI=1S/C39H32N2/c1-4-12-29(5-2)31-19-21-33(22-20-31)37-17-11-18-39(40-37)41-26-25-32-15-9-10-16-35(32)28(3)36-24-23-34(27-38(36)41)30-13-7-6-8-14-30/h4-24,27H,1-3,25-26H2/b29-12+. The molecule has 6 rings (SSSR count). The first-order valence-electron chi connectivity index (χ1n) is 13.9. The van der Waals surface area contributed by atoms with Crippen molar-refractivity contribution in [2.45, 2.75) is 6.42 Å². The molecule has 2 heteroatoms. The van der Waals surface area contributed by atoms with Crippen LogP contribution < -0.4 is 4.90 Å². The molecule has 41 heavy (non-hydrogen) atoms. The van der Waals surface area contributed by atoms with Crippen molar-refractivity contribution in [1.29, 1.82) is 0 Å². The Labute approximate surface area is 243 Å². The highest BCUT2D eigenvalue weighted by Gasteiger charge is 2.23. The summed E-state index contributed by atoms with van der Waals surface area (Å²) in [4.78, 5) is 7.55. The van der Waals surface area contributed by atoms with E-state index in [9.17, 15) is 0 Å². The van der Waals surface area contributed by atoms with E-state index in [4.69, 9.17) is 4.98 Å². The lowest BCUT2D eigenvalue weighted by molar-refractivity contribution is 0.889. The van der Waals surface area contributed by atoms with Gasteiger partial charge in [-0.2, -0.15) is 0 Å². The van der Waals surface area contributed by atoms with Crippen LogP contribution in [0.25, 0.3) is 33.5 Å². The third-order valence-corrected chi connectivity index (χ3v) is 7.71. The molecule has 0 aliphatic carbocycles. The number of allylic oxidation sites excluding steroid dienone is 4. The second-order valence-corrected chi connectivity index (χ2v) is 10.2. The van der Waals surface area contributed by atoms with Crippen LogP contribution in [-0.4, -0.2) is 11.5 Å². The highest BCUT2D eigenvalue weighted by molar-refractivity contribution is 5.90.